The average molecular weight is 354 g/mol. The van der Waals surface area contributed by atoms with Gasteiger partial charge in [-0.2, -0.15) is 0 Å². The number of hydrogen-bond donors (Lipinski definition) is 2. The highest BCUT2D eigenvalue weighted by molar-refractivity contribution is 6.30. The van der Waals surface area contributed by atoms with Gasteiger partial charge in [0.05, 0.1) is 0 Å². The highest BCUT2D eigenvalue weighted by atomic mass is 35.5. The largest absolute Gasteiger partial charge is 0.462 e. The Morgan fingerprint density at radius 3 is 2.60 bits per heavy atom. The molecule has 0 aromatic heterocycles. The van der Waals surface area contributed by atoms with Crippen molar-refractivity contribution in [3.05, 3.63) is 64.2 Å². The summed E-state index contributed by atoms with van der Waals surface area (Å²) in [6, 6.07) is 11.4. The first kappa shape index (κ1) is 15.7. The van der Waals surface area contributed by atoms with Crippen LogP contribution in [0.4, 0.5) is 0 Å². The fraction of sp³-hybridized carbons (Fsp3) is 0.158. The number of allylic oxidation sites excluding steroid dienone is 2. The fourth-order valence-corrected chi connectivity index (χ4v) is 3.51. The lowest BCUT2D eigenvalue weighted by Gasteiger charge is -2.33. The molecule has 0 aliphatic carbocycles. The summed E-state index contributed by atoms with van der Waals surface area (Å²) in [4.78, 5) is 4.61. The molecule has 2 aliphatic heterocycles. The summed E-state index contributed by atoms with van der Waals surface area (Å²) in [5, 5.41) is 8.19. The third-order valence-electron chi connectivity index (χ3n) is 4.56. The molecule has 5 nitrogen and oxygen atoms in total. The van der Waals surface area contributed by atoms with E-state index < -0.39 is 5.54 Å². The zero-order valence-corrected chi connectivity index (χ0v) is 14.3. The van der Waals surface area contributed by atoms with Crippen molar-refractivity contribution >= 4 is 29.4 Å². The Kier molecular flexibility index (Phi) is 3.54. The number of nitrogens with zero attached hydrogens (tertiary/aromatic N) is 1. The quantitative estimate of drug-likeness (QED) is 0.798. The van der Waals surface area contributed by atoms with Crippen LogP contribution in [0.3, 0.4) is 0 Å². The van der Waals surface area contributed by atoms with E-state index in [2.05, 4.69) is 4.99 Å². The standard InChI is InChI=1S/C19H16ClN3O2/c1-2-11(9-21)12-3-5-16-14(7-12)19(10-24-18(22)23-19)15-8-13(20)4-6-17(15)25-16/h2-9,21H,10H2,1H3,(H2,22,23)/b11-2+,21-9?. The van der Waals surface area contributed by atoms with E-state index in [1.165, 1.54) is 6.21 Å². The predicted octanol–water partition coefficient (Wildman–Crippen LogP) is 4.09. The Morgan fingerprint density at radius 2 is 1.96 bits per heavy atom. The Morgan fingerprint density at radius 1 is 1.24 bits per heavy atom. The molecule has 0 bridgehead atoms. The molecule has 4 rings (SSSR count). The number of rotatable bonds is 2. The molecule has 2 aliphatic rings. The molecule has 0 saturated carbocycles. The fourth-order valence-electron chi connectivity index (χ4n) is 3.34. The van der Waals surface area contributed by atoms with Crippen molar-refractivity contribution in [2.75, 3.05) is 6.61 Å². The smallest absolute Gasteiger partial charge is 0.283 e. The van der Waals surface area contributed by atoms with Crippen LogP contribution in [-0.4, -0.2) is 18.8 Å². The highest BCUT2D eigenvalue weighted by Gasteiger charge is 2.47. The minimum absolute atomic E-state index is 0.141. The summed E-state index contributed by atoms with van der Waals surface area (Å²) >= 11 is 6.21. The molecule has 1 atom stereocenters. The molecule has 6 heteroatoms. The van der Waals surface area contributed by atoms with E-state index in [4.69, 9.17) is 32.2 Å². The van der Waals surface area contributed by atoms with Crippen LogP contribution < -0.4 is 10.5 Å². The van der Waals surface area contributed by atoms with Gasteiger partial charge in [-0.05, 0) is 48.4 Å². The van der Waals surface area contributed by atoms with Crippen LogP contribution in [0, 0.1) is 5.41 Å². The van der Waals surface area contributed by atoms with E-state index in [0.717, 1.165) is 22.3 Å². The number of nitrogens with one attached hydrogen (secondary N) is 1. The minimum atomic E-state index is -0.797. The van der Waals surface area contributed by atoms with Crippen LogP contribution in [0.25, 0.3) is 5.57 Å². The maximum absolute atomic E-state index is 7.60. The van der Waals surface area contributed by atoms with Crippen molar-refractivity contribution in [1.82, 2.24) is 0 Å². The van der Waals surface area contributed by atoms with Gasteiger partial charge in [0.15, 0.2) is 5.54 Å². The monoisotopic (exact) mass is 353 g/mol. The second-order valence-corrected chi connectivity index (χ2v) is 6.38. The predicted molar refractivity (Wildman–Crippen MR) is 98.8 cm³/mol. The Balaban J connectivity index is 1.99. The Labute approximate surface area is 150 Å². The molecule has 2 aromatic rings. The molecule has 1 unspecified atom stereocenters. The molecule has 2 heterocycles. The number of hydrogen-bond acceptors (Lipinski definition) is 5. The summed E-state index contributed by atoms with van der Waals surface area (Å²) in [7, 11) is 0. The van der Waals surface area contributed by atoms with Crippen LogP contribution in [0.1, 0.15) is 23.6 Å². The molecule has 1 spiro atoms. The number of amidine groups is 1. The van der Waals surface area contributed by atoms with Gasteiger partial charge in [-0.1, -0.05) is 23.7 Å². The molecule has 3 N–H and O–H groups in total. The lowest BCUT2D eigenvalue weighted by molar-refractivity contribution is 0.264. The van der Waals surface area contributed by atoms with Crippen molar-refractivity contribution in [2.24, 2.45) is 10.7 Å². The maximum Gasteiger partial charge on any atom is 0.283 e. The average Bonchev–Trinajstić information content (AvgIpc) is 3.00. The number of halogens is 1. The Hall–Kier alpha value is -2.79. The Bertz CT molecular complexity index is 952. The number of fused-ring (bicyclic) bond motifs is 4. The molecular weight excluding hydrogens is 338 g/mol. The molecule has 0 saturated heterocycles. The van der Waals surface area contributed by atoms with Gasteiger partial charge in [-0.25, -0.2) is 4.99 Å². The van der Waals surface area contributed by atoms with E-state index in [9.17, 15) is 0 Å². The number of benzene rings is 2. The molecule has 0 amide bonds. The van der Waals surface area contributed by atoms with Gasteiger partial charge >= 0.3 is 0 Å². The normalized spacial score (nSPS) is 21.0. The van der Waals surface area contributed by atoms with Gasteiger partial charge in [0.2, 0.25) is 0 Å². The van der Waals surface area contributed by atoms with E-state index >= 15 is 0 Å². The van der Waals surface area contributed by atoms with Crippen LogP contribution in [0.15, 0.2) is 47.5 Å². The van der Waals surface area contributed by atoms with Crippen molar-refractivity contribution in [2.45, 2.75) is 12.5 Å². The van der Waals surface area contributed by atoms with Crippen LogP contribution in [0.5, 0.6) is 11.5 Å². The van der Waals surface area contributed by atoms with Gasteiger partial charge in [0, 0.05) is 22.4 Å². The molecule has 2 aromatic carbocycles. The van der Waals surface area contributed by atoms with Gasteiger partial charge < -0.3 is 20.6 Å². The molecule has 0 fully saturated rings. The maximum atomic E-state index is 7.60. The highest BCUT2D eigenvalue weighted by Crippen LogP contribution is 2.51. The first-order valence-corrected chi connectivity index (χ1v) is 8.23. The summed E-state index contributed by atoms with van der Waals surface area (Å²) in [6.07, 6.45) is 3.21. The van der Waals surface area contributed by atoms with Crippen LogP contribution in [0.2, 0.25) is 5.02 Å². The summed E-state index contributed by atoms with van der Waals surface area (Å²) < 4.78 is 11.6. The van der Waals surface area contributed by atoms with E-state index in [-0.39, 0.29) is 12.6 Å². The van der Waals surface area contributed by atoms with Crippen LogP contribution >= 0.6 is 11.6 Å². The van der Waals surface area contributed by atoms with Crippen molar-refractivity contribution < 1.29 is 9.47 Å². The lowest BCUT2D eigenvalue weighted by atomic mass is 9.80. The summed E-state index contributed by atoms with van der Waals surface area (Å²) in [6.45, 7) is 2.18. The second-order valence-electron chi connectivity index (χ2n) is 5.94. The van der Waals surface area contributed by atoms with Crippen molar-refractivity contribution in [1.29, 1.82) is 5.41 Å². The first-order valence-electron chi connectivity index (χ1n) is 7.85. The SMILES string of the molecule is C/C=C(\C=N)c1ccc2c(c1)C1(COC(N)=N1)c1cc(Cl)ccc1O2. The minimum Gasteiger partial charge on any atom is -0.462 e. The summed E-state index contributed by atoms with van der Waals surface area (Å²) in [5.74, 6) is 1.38. The zero-order chi connectivity index (χ0) is 17.6. The van der Waals surface area contributed by atoms with Gasteiger partial charge in [0.1, 0.15) is 18.1 Å². The molecule has 126 valence electrons. The van der Waals surface area contributed by atoms with E-state index in [1.54, 1.807) is 6.07 Å². The summed E-state index contributed by atoms with van der Waals surface area (Å²) in [5.41, 5.74) is 8.44. The number of nitrogens with two attached hydrogens (primary N) is 1. The van der Waals surface area contributed by atoms with E-state index in [1.807, 2.05) is 43.3 Å². The molecule has 25 heavy (non-hydrogen) atoms. The zero-order valence-electron chi connectivity index (χ0n) is 13.5. The third-order valence-corrected chi connectivity index (χ3v) is 4.80. The van der Waals surface area contributed by atoms with Crippen molar-refractivity contribution in [3.8, 4) is 11.5 Å². The molecular formula is C19H16ClN3O2. The number of aliphatic imine (C=N–C) groups is 1. The lowest BCUT2D eigenvalue weighted by Crippen LogP contribution is -2.31. The van der Waals surface area contributed by atoms with Crippen molar-refractivity contribution in [3.63, 3.8) is 0 Å². The van der Waals surface area contributed by atoms with Gasteiger partial charge in [0.25, 0.3) is 6.02 Å². The van der Waals surface area contributed by atoms with Gasteiger partial charge in [-0.15, -0.1) is 0 Å². The van der Waals surface area contributed by atoms with Crippen LogP contribution in [-0.2, 0) is 10.3 Å². The topological polar surface area (TPSA) is 80.7 Å². The first-order chi connectivity index (χ1) is 12.1. The number of ether oxygens (including phenoxy) is 2. The second kappa shape index (κ2) is 5.63. The third kappa shape index (κ3) is 2.31. The van der Waals surface area contributed by atoms with E-state index in [0.29, 0.717) is 16.5 Å². The molecule has 0 radical (unpaired) electrons. The van der Waals surface area contributed by atoms with Gasteiger partial charge in [-0.3, -0.25) is 0 Å².